The van der Waals surface area contributed by atoms with Gasteiger partial charge in [-0.2, -0.15) is 0 Å². The Morgan fingerprint density at radius 2 is 1.94 bits per heavy atom. The minimum Gasteiger partial charge on any atom is -0.462 e. The Labute approximate surface area is 185 Å². The third-order valence-electron chi connectivity index (χ3n) is 3.93. The third kappa shape index (κ3) is 5.76. The van der Waals surface area contributed by atoms with Gasteiger partial charge in [0.1, 0.15) is 0 Å². The van der Waals surface area contributed by atoms with Crippen molar-refractivity contribution in [2.45, 2.75) is 12.1 Å². The SMILES string of the molecule is CCOC(=O)c1ccc(NC(=O)CSc2nc(N)c(NC(=O)c3ccco3)c(=O)[nH]2)cc1. The van der Waals surface area contributed by atoms with Crippen LogP contribution in [-0.4, -0.2) is 40.1 Å². The molecule has 12 heteroatoms. The van der Waals surface area contributed by atoms with Crippen molar-refractivity contribution in [1.82, 2.24) is 9.97 Å². The Kier molecular flexibility index (Phi) is 7.29. The van der Waals surface area contributed by atoms with Crippen LogP contribution < -0.4 is 21.9 Å². The molecule has 0 unspecified atom stereocenters. The minimum atomic E-state index is -0.671. The summed E-state index contributed by atoms with van der Waals surface area (Å²) >= 11 is 0.952. The molecule has 2 aromatic heterocycles. The van der Waals surface area contributed by atoms with Crippen molar-refractivity contribution in [3.05, 3.63) is 64.3 Å². The Morgan fingerprint density at radius 1 is 1.19 bits per heavy atom. The number of furan rings is 1. The van der Waals surface area contributed by atoms with Gasteiger partial charge in [0.05, 0.1) is 24.2 Å². The van der Waals surface area contributed by atoms with E-state index in [0.29, 0.717) is 11.3 Å². The molecule has 0 fully saturated rings. The number of carbonyl (C=O) groups excluding carboxylic acids is 3. The van der Waals surface area contributed by atoms with E-state index >= 15 is 0 Å². The molecule has 0 spiro atoms. The number of esters is 1. The Bertz CT molecular complexity index is 1170. The maximum absolute atomic E-state index is 12.3. The number of nitrogens with two attached hydrogens (primary N) is 1. The summed E-state index contributed by atoms with van der Waals surface area (Å²) in [5.41, 5.74) is 5.75. The summed E-state index contributed by atoms with van der Waals surface area (Å²) in [5.74, 6) is -1.73. The zero-order valence-corrected chi connectivity index (χ0v) is 17.7. The molecule has 11 nitrogen and oxygen atoms in total. The van der Waals surface area contributed by atoms with Gasteiger partial charge in [-0.15, -0.1) is 0 Å². The number of amides is 2. The Hall–Kier alpha value is -4.06. The average molecular weight is 457 g/mol. The highest BCUT2D eigenvalue weighted by Crippen LogP contribution is 2.18. The van der Waals surface area contributed by atoms with E-state index in [0.717, 1.165) is 11.8 Å². The van der Waals surface area contributed by atoms with Crippen molar-refractivity contribution >= 4 is 46.7 Å². The van der Waals surface area contributed by atoms with E-state index in [1.807, 2.05) is 0 Å². The lowest BCUT2D eigenvalue weighted by Crippen LogP contribution is -2.23. The second kappa shape index (κ2) is 10.3. The molecular weight excluding hydrogens is 438 g/mol. The summed E-state index contributed by atoms with van der Waals surface area (Å²) in [5, 5.41) is 5.11. The van der Waals surface area contributed by atoms with E-state index in [1.165, 1.54) is 30.5 Å². The molecule has 0 aliphatic heterocycles. The number of aromatic nitrogens is 2. The van der Waals surface area contributed by atoms with Crippen LogP contribution in [-0.2, 0) is 9.53 Å². The van der Waals surface area contributed by atoms with Crippen LogP contribution >= 0.6 is 11.8 Å². The molecule has 0 aliphatic carbocycles. The van der Waals surface area contributed by atoms with Crippen molar-refractivity contribution in [3.8, 4) is 0 Å². The smallest absolute Gasteiger partial charge is 0.338 e. The van der Waals surface area contributed by atoms with Gasteiger partial charge in [-0.25, -0.2) is 9.78 Å². The fraction of sp³-hybridized carbons (Fsp3) is 0.150. The van der Waals surface area contributed by atoms with Gasteiger partial charge in [-0.05, 0) is 43.3 Å². The predicted molar refractivity (Wildman–Crippen MR) is 118 cm³/mol. The number of ether oxygens (including phenoxy) is 1. The van der Waals surface area contributed by atoms with Crippen LogP contribution in [0.25, 0.3) is 0 Å². The molecule has 1 aromatic carbocycles. The first kappa shape index (κ1) is 22.6. The molecule has 0 radical (unpaired) electrons. The van der Waals surface area contributed by atoms with E-state index in [9.17, 15) is 19.2 Å². The van der Waals surface area contributed by atoms with Crippen LogP contribution in [0, 0.1) is 0 Å². The second-order valence-electron chi connectivity index (χ2n) is 6.20. The lowest BCUT2D eigenvalue weighted by molar-refractivity contribution is -0.113. The summed E-state index contributed by atoms with van der Waals surface area (Å²) in [6.45, 7) is 1.98. The molecule has 32 heavy (non-hydrogen) atoms. The number of aromatic amines is 1. The number of benzene rings is 1. The van der Waals surface area contributed by atoms with Gasteiger partial charge >= 0.3 is 5.97 Å². The molecule has 0 saturated heterocycles. The maximum atomic E-state index is 12.3. The number of H-pyrrole nitrogens is 1. The number of rotatable bonds is 8. The van der Waals surface area contributed by atoms with Gasteiger partial charge in [0.25, 0.3) is 11.5 Å². The zero-order chi connectivity index (χ0) is 23.1. The standard InChI is InChI=1S/C20H19N5O6S/c1-2-30-19(29)11-5-7-12(8-6-11)22-14(26)10-32-20-24-16(21)15(18(28)25-20)23-17(27)13-4-3-9-31-13/h3-9H,2,10H2,1H3,(H,22,26)(H,23,27)(H3,21,24,25,28). The van der Waals surface area contributed by atoms with Gasteiger partial charge in [-0.1, -0.05) is 11.8 Å². The normalized spacial score (nSPS) is 10.4. The summed E-state index contributed by atoms with van der Waals surface area (Å²) in [6, 6.07) is 9.18. The number of hydrogen-bond donors (Lipinski definition) is 4. The lowest BCUT2D eigenvalue weighted by atomic mass is 10.2. The number of hydrogen-bond acceptors (Lipinski definition) is 9. The number of carbonyl (C=O) groups is 3. The number of anilines is 3. The highest BCUT2D eigenvalue weighted by Gasteiger charge is 2.16. The van der Waals surface area contributed by atoms with Crippen LogP contribution in [0.15, 0.2) is 57.0 Å². The predicted octanol–water partition coefficient (Wildman–Crippen LogP) is 2.10. The van der Waals surface area contributed by atoms with Gasteiger partial charge in [0.15, 0.2) is 22.4 Å². The van der Waals surface area contributed by atoms with Crippen LogP contribution in [0.5, 0.6) is 0 Å². The van der Waals surface area contributed by atoms with Crippen molar-refractivity contribution in [2.24, 2.45) is 0 Å². The van der Waals surface area contributed by atoms with Crippen LogP contribution in [0.2, 0.25) is 0 Å². The number of nitrogen functional groups attached to an aromatic ring is 1. The van der Waals surface area contributed by atoms with Gasteiger partial charge < -0.3 is 25.5 Å². The summed E-state index contributed by atoms with van der Waals surface area (Å²) < 4.78 is 9.86. The quantitative estimate of drug-likeness (QED) is 0.225. The van der Waals surface area contributed by atoms with Crippen LogP contribution in [0.3, 0.4) is 0 Å². The molecule has 3 aromatic rings. The topological polar surface area (TPSA) is 169 Å². The zero-order valence-electron chi connectivity index (χ0n) is 16.8. The molecule has 0 aliphatic rings. The van der Waals surface area contributed by atoms with Gasteiger partial charge in [0, 0.05) is 5.69 Å². The number of thioether (sulfide) groups is 1. The van der Waals surface area contributed by atoms with Crippen molar-refractivity contribution in [3.63, 3.8) is 0 Å². The average Bonchev–Trinajstić information content (AvgIpc) is 3.30. The molecule has 2 amide bonds. The lowest BCUT2D eigenvalue weighted by Gasteiger charge is -2.08. The molecule has 0 saturated carbocycles. The van der Waals surface area contributed by atoms with Crippen molar-refractivity contribution in [2.75, 3.05) is 28.7 Å². The molecule has 0 atom stereocenters. The van der Waals surface area contributed by atoms with Crippen molar-refractivity contribution in [1.29, 1.82) is 0 Å². The summed E-state index contributed by atoms with van der Waals surface area (Å²) in [6.07, 6.45) is 1.32. The van der Waals surface area contributed by atoms with Crippen molar-refractivity contribution < 1.29 is 23.5 Å². The first-order valence-electron chi connectivity index (χ1n) is 9.32. The second-order valence-corrected chi connectivity index (χ2v) is 7.16. The molecule has 5 N–H and O–H groups in total. The van der Waals surface area contributed by atoms with Gasteiger partial charge in [0.2, 0.25) is 5.91 Å². The number of nitrogens with one attached hydrogen (secondary N) is 3. The maximum Gasteiger partial charge on any atom is 0.338 e. The summed E-state index contributed by atoms with van der Waals surface area (Å²) in [4.78, 5) is 54.6. The van der Waals surface area contributed by atoms with Crippen LogP contribution in [0.1, 0.15) is 27.8 Å². The fourth-order valence-electron chi connectivity index (χ4n) is 2.48. The minimum absolute atomic E-state index is 0.00853. The number of nitrogens with zero attached hydrogens (tertiary/aromatic N) is 1. The molecule has 2 heterocycles. The monoisotopic (exact) mass is 457 g/mol. The molecule has 166 valence electrons. The highest BCUT2D eigenvalue weighted by atomic mass is 32.2. The first-order valence-corrected chi connectivity index (χ1v) is 10.3. The van der Waals surface area contributed by atoms with Crippen LogP contribution in [0.4, 0.5) is 17.2 Å². The molecule has 0 bridgehead atoms. The largest absolute Gasteiger partial charge is 0.462 e. The van der Waals surface area contributed by atoms with E-state index in [1.54, 1.807) is 19.1 Å². The van der Waals surface area contributed by atoms with E-state index in [2.05, 4.69) is 20.6 Å². The summed E-state index contributed by atoms with van der Waals surface area (Å²) in [7, 11) is 0. The fourth-order valence-corrected chi connectivity index (χ4v) is 3.14. The first-order chi connectivity index (χ1) is 15.4. The third-order valence-corrected chi connectivity index (χ3v) is 4.80. The highest BCUT2D eigenvalue weighted by molar-refractivity contribution is 7.99. The Balaban J connectivity index is 1.57. The van der Waals surface area contributed by atoms with E-state index in [-0.39, 0.29) is 40.7 Å². The van der Waals surface area contributed by atoms with E-state index < -0.39 is 17.4 Å². The molecular formula is C20H19N5O6S. The van der Waals surface area contributed by atoms with Gasteiger partial charge in [-0.3, -0.25) is 19.4 Å². The Morgan fingerprint density at radius 3 is 2.56 bits per heavy atom. The molecule has 3 rings (SSSR count). The van der Waals surface area contributed by atoms with E-state index in [4.69, 9.17) is 14.9 Å².